The molecule has 0 amide bonds. The van der Waals surface area contributed by atoms with Crippen molar-refractivity contribution in [2.75, 3.05) is 32.8 Å². The molecule has 1 aromatic rings. The number of aryl methyl sites for hydroxylation is 1. The molecular formula is C14H22N2O. The average Bonchev–Trinajstić information content (AvgIpc) is 2.58. The molecule has 0 spiro atoms. The van der Waals surface area contributed by atoms with Gasteiger partial charge < -0.3 is 10.5 Å². The largest absolute Gasteiger partial charge is 0.380 e. The van der Waals surface area contributed by atoms with E-state index in [0.717, 1.165) is 39.3 Å². The predicted octanol–water partition coefficient (Wildman–Crippen LogP) is 1.72. The smallest absolute Gasteiger partial charge is 0.0593 e. The quantitative estimate of drug-likeness (QED) is 0.865. The van der Waals surface area contributed by atoms with Gasteiger partial charge in [0.1, 0.15) is 0 Å². The van der Waals surface area contributed by atoms with Crippen molar-refractivity contribution in [2.45, 2.75) is 19.4 Å². The second-order valence-corrected chi connectivity index (χ2v) is 4.73. The van der Waals surface area contributed by atoms with E-state index in [2.05, 4.69) is 36.1 Å². The molecular weight excluding hydrogens is 212 g/mol. The van der Waals surface area contributed by atoms with Crippen LogP contribution in [0.5, 0.6) is 0 Å². The van der Waals surface area contributed by atoms with Crippen molar-refractivity contribution in [3.05, 3.63) is 35.4 Å². The molecule has 1 aliphatic heterocycles. The molecule has 1 atom stereocenters. The molecule has 1 aromatic carbocycles. The Morgan fingerprint density at radius 3 is 2.94 bits per heavy atom. The number of rotatable bonds is 3. The zero-order valence-electron chi connectivity index (χ0n) is 10.6. The summed E-state index contributed by atoms with van der Waals surface area (Å²) in [6, 6.07) is 8.49. The van der Waals surface area contributed by atoms with E-state index < -0.39 is 0 Å². The van der Waals surface area contributed by atoms with Gasteiger partial charge >= 0.3 is 0 Å². The standard InChI is InChI=1S/C14H22N2O/c1-12-5-2-3-6-13(12)14(15)11-16-7-4-9-17-10-8-16/h2-3,5-6,14H,4,7-11,15H2,1H3. The fourth-order valence-electron chi connectivity index (χ4n) is 2.36. The van der Waals surface area contributed by atoms with Gasteiger partial charge in [-0.3, -0.25) is 4.90 Å². The molecule has 0 saturated carbocycles. The maximum absolute atomic E-state index is 6.30. The summed E-state index contributed by atoms with van der Waals surface area (Å²) in [4.78, 5) is 2.41. The van der Waals surface area contributed by atoms with Crippen molar-refractivity contribution in [3.63, 3.8) is 0 Å². The van der Waals surface area contributed by atoms with Crippen LogP contribution in [-0.4, -0.2) is 37.7 Å². The van der Waals surface area contributed by atoms with Crippen LogP contribution in [0.4, 0.5) is 0 Å². The molecule has 2 N–H and O–H groups in total. The third-order valence-corrected chi connectivity index (χ3v) is 3.36. The molecule has 0 radical (unpaired) electrons. The van der Waals surface area contributed by atoms with Crippen molar-refractivity contribution in [1.82, 2.24) is 4.90 Å². The van der Waals surface area contributed by atoms with Crippen molar-refractivity contribution in [3.8, 4) is 0 Å². The van der Waals surface area contributed by atoms with Crippen LogP contribution in [0.2, 0.25) is 0 Å². The van der Waals surface area contributed by atoms with Gasteiger partial charge in [0.2, 0.25) is 0 Å². The highest BCUT2D eigenvalue weighted by Crippen LogP contribution is 2.16. The maximum atomic E-state index is 6.30. The monoisotopic (exact) mass is 234 g/mol. The minimum absolute atomic E-state index is 0.106. The molecule has 1 heterocycles. The first kappa shape index (κ1) is 12.6. The van der Waals surface area contributed by atoms with Gasteiger partial charge in [-0.25, -0.2) is 0 Å². The van der Waals surface area contributed by atoms with E-state index in [-0.39, 0.29) is 6.04 Å². The van der Waals surface area contributed by atoms with Gasteiger partial charge in [0.15, 0.2) is 0 Å². The lowest BCUT2D eigenvalue weighted by Gasteiger charge is -2.24. The van der Waals surface area contributed by atoms with Crippen LogP contribution in [0.25, 0.3) is 0 Å². The van der Waals surface area contributed by atoms with Crippen LogP contribution in [-0.2, 0) is 4.74 Å². The van der Waals surface area contributed by atoms with E-state index in [1.807, 2.05) is 0 Å². The molecule has 94 valence electrons. The molecule has 2 rings (SSSR count). The molecule has 1 saturated heterocycles. The van der Waals surface area contributed by atoms with Crippen LogP contribution in [0.3, 0.4) is 0 Å². The summed E-state index contributed by atoms with van der Waals surface area (Å²) >= 11 is 0. The number of hydrogen-bond acceptors (Lipinski definition) is 3. The van der Waals surface area contributed by atoms with Crippen LogP contribution in [0.15, 0.2) is 24.3 Å². The Balaban J connectivity index is 1.96. The Kier molecular flexibility index (Phi) is 4.54. The summed E-state index contributed by atoms with van der Waals surface area (Å²) in [5.41, 5.74) is 8.84. The first-order valence-electron chi connectivity index (χ1n) is 6.38. The molecule has 3 nitrogen and oxygen atoms in total. The molecule has 17 heavy (non-hydrogen) atoms. The summed E-state index contributed by atoms with van der Waals surface area (Å²) in [6.07, 6.45) is 1.11. The lowest BCUT2D eigenvalue weighted by molar-refractivity contribution is 0.140. The Labute approximate surface area is 104 Å². The zero-order chi connectivity index (χ0) is 12.1. The van der Waals surface area contributed by atoms with Gasteiger partial charge in [-0.2, -0.15) is 0 Å². The first-order chi connectivity index (χ1) is 8.27. The van der Waals surface area contributed by atoms with Crippen LogP contribution in [0.1, 0.15) is 23.6 Å². The minimum Gasteiger partial charge on any atom is -0.380 e. The SMILES string of the molecule is Cc1ccccc1C(N)CN1CCCOCC1. The van der Waals surface area contributed by atoms with Crippen molar-refractivity contribution in [1.29, 1.82) is 0 Å². The lowest BCUT2D eigenvalue weighted by Crippen LogP contribution is -2.34. The number of nitrogens with two attached hydrogens (primary N) is 1. The predicted molar refractivity (Wildman–Crippen MR) is 70.0 cm³/mol. The van der Waals surface area contributed by atoms with E-state index >= 15 is 0 Å². The van der Waals surface area contributed by atoms with E-state index in [0.29, 0.717) is 0 Å². The number of nitrogens with zero attached hydrogens (tertiary/aromatic N) is 1. The van der Waals surface area contributed by atoms with Crippen molar-refractivity contribution >= 4 is 0 Å². The van der Waals surface area contributed by atoms with E-state index in [1.54, 1.807) is 0 Å². The fraction of sp³-hybridized carbons (Fsp3) is 0.571. The average molecular weight is 234 g/mol. The topological polar surface area (TPSA) is 38.5 Å². The Bertz CT molecular complexity index is 346. The zero-order valence-corrected chi connectivity index (χ0v) is 10.6. The molecule has 0 aliphatic carbocycles. The maximum Gasteiger partial charge on any atom is 0.0593 e. The third kappa shape index (κ3) is 3.53. The van der Waals surface area contributed by atoms with E-state index in [4.69, 9.17) is 10.5 Å². The second-order valence-electron chi connectivity index (χ2n) is 4.73. The number of hydrogen-bond donors (Lipinski definition) is 1. The van der Waals surface area contributed by atoms with Gasteiger partial charge in [-0.15, -0.1) is 0 Å². The first-order valence-corrected chi connectivity index (χ1v) is 6.38. The summed E-state index contributed by atoms with van der Waals surface area (Å²) in [5, 5.41) is 0. The summed E-state index contributed by atoms with van der Waals surface area (Å²) < 4.78 is 5.45. The molecule has 1 unspecified atom stereocenters. The summed E-state index contributed by atoms with van der Waals surface area (Å²) in [7, 11) is 0. The van der Waals surface area contributed by atoms with Crippen LogP contribution in [0, 0.1) is 6.92 Å². The van der Waals surface area contributed by atoms with Gasteiger partial charge in [-0.1, -0.05) is 24.3 Å². The highest BCUT2D eigenvalue weighted by atomic mass is 16.5. The highest BCUT2D eigenvalue weighted by Gasteiger charge is 2.15. The second kappa shape index (κ2) is 6.15. The molecule has 1 fully saturated rings. The van der Waals surface area contributed by atoms with Crippen LogP contribution >= 0.6 is 0 Å². The third-order valence-electron chi connectivity index (χ3n) is 3.36. The van der Waals surface area contributed by atoms with Crippen molar-refractivity contribution in [2.24, 2.45) is 5.73 Å². The number of benzene rings is 1. The van der Waals surface area contributed by atoms with Gasteiger partial charge in [-0.05, 0) is 24.5 Å². The van der Waals surface area contributed by atoms with E-state index in [9.17, 15) is 0 Å². The molecule has 0 bridgehead atoms. The Morgan fingerprint density at radius 2 is 2.12 bits per heavy atom. The fourth-order valence-corrected chi connectivity index (χ4v) is 2.36. The minimum atomic E-state index is 0.106. The molecule has 0 aromatic heterocycles. The highest BCUT2D eigenvalue weighted by molar-refractivity contribution is 5.28. The van der Waals surface area contributed by atoms with Crippen LogP contribution < -0.4 is 5.73 Å². The van der Waals surface area contributed by atoms with Gasteiger partial charge in [0.05, 0.1) is 6.61 Å². The lowest BCUT2D eigenvalue weighted by atomic mass is 10.0. The molecule has 1 aliphatic rings. The summed E-state index contributed by atoms with van der Waals surface area (Å²) in [6.45, 7) is 6.87. The summed E-state index contributed by atoms with van der Waals surface area (Å²) in [5.74, 6) is 0. The van der Waals surface area contributed by atoms with Crippen molar-refractivity contribution < 1.29 is 4.74 Å². The number of ether oxygens (including phenoxy) is 1. The normalized spacial score (nSPS) is 19.9. The Hall–Kier alpha value is -0.900. The van der Waals surface area contributed by atoms with E-state index in [1.165, 1.54) is 11.1 Å². The van der Waals surface area contributed by atoms with Gasteiger partial charge in [0.25, 0.3) is 0 Å². The van der Waals surface area contributed by atoms with Gasteiger partial charge in [0, 0.05) is 32.3 Å². The Morgan fingerprint density at radius 1 is 1.29 bits per heavy atom. The molecule has 3 heteroatoms.